The van der Waals surface area contributed by atoms with Crippen molar-refractivity contribution in [2.24, 2.45) is 0 Å². The predicted molar refractivity (Wildman–Crippen MR) is 117 cm³/mol. The standard InChI is InChI=1S/C24H21FN4O4/c1-14-9-19(24-28-27-23(33-24)17-4-6-18(25)7-5-17)15(2)29(14)12-22(30)26-11-16-3-8-20-21(10-16)32-13-31-20/h3-10H,11-13H2,1-2H3,(H,26,30). The van der Waals surface area contributed by atoms with Crippen LogP contribution in [-0.2, 0) is 17.9 Å². The molecule has 1 aliphatic rings. The molecule has 168 valence electrons. The number of nitrogens with zero attached hydrogens (tertiary/aromatic N) is 3. The van der Waals surface area contributed by atoms with E-state index in [1.54, 1.807) is 12.1 Å². The summed E-state index contributed by atoms with van der Waals surface area (Å²) in [4.78, 5) is 12.6. The number of hydrogen-bond acceptors (Lipinski definition) is 6. The van der Waals surface area contributed by atoms with Gasteiger partial charge in [0.15, 0.2) is 11.5 Å². The Balaban J connectivity index is 1.28. The molecule has 0 bridgehead atoms. The second-order valence-electron chi connectivity index (χ2n) is 7.75. The van der Waals surface area contributed by atoms with Crippen molar-refractivity contribution in [2.75, 3.05) is 6.79 Å². The molecule has 0 unspecified atom stereocenters. The minimum Gasteiger partial charge on any atom is -0.454 e. The predicted octanol–water partition coefficient (Wildman–Crippen LogP) is 4.01. The Morgan fingerprint density at radius 3 is 2.61 bits per heavy atom. The van der Waals surface area contributed by atoms with Crippen LogP contribution >= 0.6 is 0 Å². The first-order valence-corrected chi connectivity index (χ1v) is 10.4. The molecule has 0 atom stereocenters. The third-order valence-corrected chi connectivity index (χ3v) is 5.55. The number of carbonyl (C=O) groups is 1. The van der Waals surface area contributed by atoms with E-state index in [1.165, 1.54) is 12.1 Å². The topological polar surface area (TPSA) is 91.4 Å². The Bertz CT molecular complexity index is 1330. The monoisotopic (exact) mass is 448 g/mol. The number of aryl methyl sites for hydroxylation is 1. The zero-order valence-electron chi connectivity index (χ0n) is 18.1. The van der Waals surface area contributed by atoms with Crippen molar-refractivity contribution >= 4 is 5.91 Å². The van der Waals surface area contributed by atoms with E-state index in [1.807, 2.05) is 42.7 Å². The van der Waals surface area contributed by atoms with E-state index >= 15 is 0 Å². The summed E-state index contributed by atoms with van der Waals surface area (Å²) in [6.45, 7) is 4.56. The number of carbonyl (C=O) groups excluding carboxylic acids is 1. The van der Waals surface area contributed by atoms with Gasteiger partial charge in [0, 0.05) is 23.5 Å². The maximum atomic E-state index is 13.2. The van der Waals surface area contributed by atoms with E-state index in [0.29, 0.717) is 35.4 Å². The summed E-state index contributed by atoms with van der Waals surface area (Å²) in [5, 5.41) is 11.1. The van der Waals surface area contributed by atoms with Crippen LogP contribution < -0.4 is 14.8 Å². The molecule has 0 aliphatic carbocycles. The summed E-state index contributed by atoms with van der Waals surface area (Å²) in [5.74, 6) is 1.57. The van der Waals surface area contributed by atoms with E-state index in [9.17, 15) is 9.18 Å². The van der Waals surface area contributed by atoms with Crippen molar-refractivity contribution in [3.8, 4) is 34.4 Å². The van der Waals surface area contributed by atoms with Gasteiger partial charge in [-0.3, -0.25) is 4.79 Å². The lowest BCUT2D eigenvalue weighted by atomic mass is 10.2. The fourth-order valence-corrected chi connectivity index (χ4v) is 3.75. The molecular formula is C24H21FN4O4. The van der Waals surface area contributed by atoms with Gasteiger partial charge in [0.2, 0.25) is 24.5 Å². The number of halogens is 1. The molecule has 0 fully saturated rings. The van der Waals surface area contributed by atoms with Crippen molar-refractivity contribution in [2.45, 2.75) is 26.9 Å². The molecule has 0 saturated carbocycles. The lowest BCUT2D eigenvalue weighted by molar-refractivity contribution is -0.121. The van der Waals surface area contributed by atoms with E-state index in [2.05, 4.69) is 15.5 Å². The number of amides is 1. The van der Waals surface area contributed by atoms with E-state index in [4.69, 9.17) is 13.9 Å². The minimum absolute atomic E-state index is 0.126. The molecule has 2 aromatic carbocycles. The van der Waals surface area contributed by atoms with Crippen LogP contribution in [0.3, 0.4) is 0 Å². The number of ether oxygens (including phenoxy) is 2. The fraction of sp³-hybridized carbons (Fsp3) is 0.208. The third kappa shape index (κ3) is 4.17. The van der Waals surface area contributed by atoms with Gasteiger partial charge in [0.1, 0.15) is 12.4 Å². The molecule has 0 spiro atoms. The van der Waals surface area contributed by atoms with Crippen LogP contribution in [0.1, 0.15) is 17.0 Å². The van der Waals surface area contributed by atoms with Gasteiger partial charge in [0.25, 0.3) is 0 Å². The summed E-state index contributed by atoms with van der Waals surface area (Å²) in [6, 6.07) is 13.3. The summed E-state index contributed by atoms with van der Waals surface area (Å²) in [5.41, 5.74) is 4.03. The Morgan fingerprint density at radius 1 is 1.03 bits per heavy atom. The highest BCUT2D eigenvalue weighted by molar-refractivity contribution is 5.76. The molecule has 33 heavy (non-hydrogen) atoms. The molecule has 0 saturated heterocycles. The first-order chi connectivity index (χ1) is 16.0. The fourth-order valence-electron chi connectivity index (χ4n) is 3.75. The lowest BCUT2D eigenvalue weighted by Gasteiger charge is -2.10. The Kier molecular flexibility index (Phi) is 5.29. The summed E-state index contributed by atoms with van der Waals surface area (Å²) in [6.07, 6.45) is 0. The minimum atomic E-state index is -0.334. The zero-order chi connectivity index (χ0) is 22.9. The van der Waals surface area contributed by atoms with Crippen LogP contribution in [0.25, 0.3) is 22.9 Å². The third-order valence-electron chi connectivity index (χ3n) is 5.55. The van der Waals surface area contributed by atoms with Gasteiger partial charge >= 0.3 is 0 Å². The van der Waals surface area contributed by atoms with Gasteiger partial charge in [-0.15, -0.1) is 10.2 Å². The smallest absolute Gasteiger partial charge is 0.249 e. The van der Waals surface area contributed by atoms with Gasteiger partial charge in [-0.2, -0.15) is 0 Å². The molecule has 5 rings (SSSR count). The zero-order valence-corrected chi connectivity index (χ0v) is 18.1. The number of hydrogen-bond donors (Lipinski definition) is 1. The summed E-state index contributed by atoms with van der Waals surface area (Å²) < 4.78 is 31.6. The van der Waals surface area contributed by atoms with Crippen LogP contribution in [0, 0.1) is 19.7 Å². The first-order valence-electron chi connectivity index (χ1n) is 10.4. The van der Waals surface area contributed by atoms with Crippen molar-refractivity contribution in [3.05, 3.63) is 71.3 Å². The molecule has 4 aromatic rings. The normalized spacial score (nSPS) is 12.2. The molecule has 0 radical (unpaired) electrons. The molecule has 1 N–H and O–H groups in total. The van der Waals surface area contributed by atoms with Crippen LogP contribution in [0.4, 0.5) is 4.39 Å². The summed E-state index contributed by atoms with van der Waals surface area (Å²) >= 11 is 0. The van der Waals surface area contributed by atoms with Gasteiger partial charge < -0.3 is 23.8 Å². The lowest BCUT2D eigenvalue weighted by Crippen LogP contribution is -2.27. The van der Waals surface area contributed by atoms with Crippen LogP contribution in [0.5, 0.6) is 11.5 Å². The highest BCUT2D eigenvalue weighted by Crippen LogP contribution is 2.32. The first kappa shape index (κ1) is 20.7. The molecule has 2 aromatic heterocycles. The Labute approximate surface area is 189 Å². The van der Waals surface area contributed by atoms with Crippen molar-refractivity contribution < 1.29 is 23.1 Å². The molecule has 9 heteroatoms. The van der Waals surface area contributed by atoms with E-state index in [-0.39, 0.29) is 25.1 Å². The van der Waals surface area contributed by atoms with Crippen molar-refractivity contribution in [1.82, 2.24) is 20.1 Å². The largest absolute Gasteiger partial charge is 0.454 e. The Morgan fingerprint density at radius 2 is 1.79 bits per heavy atom. The average molecular weight is 448 g/mol. The van der Waals surface area contributed by atoms with Gasteiger partial charge in [-0.1, -0.05) is 6.07 Å². The van der Waals surface area contributed by atoms with Crippen molar-refractivity contribution in [1.29, 1.82) is 0 Å². The molecule has 1 aliphatic heterocycles. The molecule has 8 nitrogen and oxygen atoms in total. The van der Waals surface area contributed by atoms with Gasteiger partial charge in [0.05, 0.1) is 5.56 Å². The SMILES string of the molecule is Cc1cc(-c2nnc(-c3ccc(F)cc3)o2)c(C)n1CC(=O)NCc1ccc2c(c1)OCO2. The summed E-state index contributed by atoms with van der Waals surface area (Å²) in [7, 11) is 0. The van der Waals surface area contributed by atoms with Crippen molar-refractivity contribution in [3.63, 3.8) is 0 Å². The van der Waals surface area contributed by atoms with Gasteiger partial charge in [-0.05, 0) is 61.9 Å². The highest BCUT2D eigenvalue weighted by atomic mass is 19.1. The maximum absolute atomic E-state index is 13.2. The number of nitrogens with one attached hydrogen (secondary N) is 1. The van der Waals surface area contributed by atoms with E-state index < -0.39 is 0 Å². The van der Waals surface area contributed by atoms with Crippen LogP contribution in [-0.4, -0.2) is 27.5 Å². The number of fused-ring (bicyclic) bond motifs is 1. The molecule has 1 amide bonds. The number of aromatic nitrogens is 3. The second kappa shape index (κ2) is 8.42. The number of benzene rings is 2. The second-order valence-corrected chi connectivity index (χ2v) is 7.75. The average Bonchev–Trinajstić information content (AvgIpc) is 3.54. The van der Waals surface area contributed by atoms with Gasteiger partial charge in [-0.25, -0.2) is 4.39 Å². The van der Waals surface area contributed by atoms with Crippen LogP contribution in [0.2, 0.25) is 0 Å². The molecule has 3 heterocycles. The maximum Gasteiger partial charge on any atom is 0.249 e. The number of rotatable bonds is 6. The van der Waals surface area contributed by atoms with E-state index in [0.717, 1.165) is 22.5 Å². The molecular weight excluding hydrogens is 427 g/mol. The van der Waals surface area contributed by atoms with Crippen LogP contribution in [0.15, 0.2) is 52.9 Å². The quantitative estimate of drug-likeness (QED) is 0.479. The Hall–Kier alpha value is -4.14. The highest BCUT2D eigenvalue weighted by Gasteiger charge is 2.19.